The molecule has 0 saturated carbocycles. The van der Waals surface area contributed by atoms with E-state index in [1.807, 2.05) is 43.9 Å². The number of H-pyrrole nitrogens is 1. The molecular weight excluding hydrogens is 1120 g/mol. The standard InChI is InChI=1S/C33H42F3N7O4.C25H34F3N7O3.H2/c1-4-5-6-25(40-28-19-39-43(30(44)22(28)2)20-23-7-9-27(46-3)10-8-23)21-47-29-13-16-42(31(29)45)26-11-14-41(15-12-26)32-37-17-24(18-38-32)33(34,35)36;1-3-4-5-18(32-20-14-31-33-22(36)16(20)2)15-38-21-8-11-35(23(21)37)19-6-9-34(10-7-19)24-29-12-17(13-30-24)25(26,27)28;/h7-10,17-19,25-26,29,40H,4-6,11-16,20-21H2,1-3H3;12-14,18-19,21H,3-11,15H2,1-2H3,(H2,32,33,36);1H/t25-,29+;18-,21+;/m00./s1. The number of anilines is 4. The van der Waals surface area contributed by atoms with Gasteiger partial charge in [0.2, 0.25) is 11.9 Å². The molecule has 1 aromatic carbocycles. The first-order chi connectivity index (χ1) is 40.7. The number of likely N-dealkylation sites (tertiary alicyclic amines) is 2. The highest BCUT2D eigenvalue weighted by atomic mass is 19.4. The average Bonchev–Trinajstić information content (AvgIpc) is 3.55. The topological polar surface area (TPSA) is 231 Å². The van der Waals surface area contributed by atoms with Crippen molar-refractivity contribution in [1.82, 2.24) is 49.7 Å². The largest absolute Gasteiger partial charge is 0.497 e. The number of amides is 2. The van der Waals surface area contributed by atoms with Crippen LogP contribution in [0.5, 0.6) is 5.75 Å². The summed E-state index contributed by atoms with van der Waals surface area (Å²) < 4.78 is 95.9. The summed E-state index contributed by atoms with van der Waals surface area (Å²) in [7, 11) is 1.61. The van der Waals surface area contributed by atoms with E-state index < -0.39 is 35.7 Å². The van der Waals surface area contributed by atoms with E-state index in [4.69, 9.17) is 14.2 Å². The molecule has 27 heteroatoms. The molecule has 4 aromatic heterocycles. The molecule has 0 aliphatic carbocycles. The van der Waals surface area contributed by atoms with Crippen molar-refractivity contribution in [3.05, 3.63) is 110 Å². The summed E-state index contributed by atoms with van der Waals surface area (Å²) in [4.78, 5) is 74.6. The van der Waals surface area contributed by atoms with Crippen molar-refractivity contribution in [1.29, 1.82) is 0 Å². The van der Waals surface area contributed by atoms with Gasteiger partial charge in [-0.1, -0.05) is 51.7 Å². The van der Waals surface area contributed by atoms with Crippen LogP contribution in [0.15, 0.2) is 71.0 Å². The third-order valence-corrected chi connectivity index (χ3v) is 16.1. The van der Waals surface area contributed by atoms with E-state index in [0.717, 1.165) is 74.6 Å². The van der Waals surface area contributed by atoms with Crippen LogP contribution in [0.2, 0.25) is 0 Å². The zero-order valence-corrected chi connectivity index (χ0v) is 48.6. The minimum absolute atomic E-state index is 0. The second kappa shape index (κ2) is 29.1. The molecule has 0 spiro atoms. The molecule has 21 nitrogen and oxygen atoms in total. The van der Waals surface area contributed by atoms with Crippen LogP contribution in [0.4, 0.5) is 49.6 Å². The SMILES string of the molecule is CCCC[C@@H](CO[C@@H]1CCN(C2CCN(c3ncc(C(F)(F)F)cn3)CC2)C1=O)Nc1cn[nH]c(=O)c1C.CCCC[C@@H](CO[C@@H]1CCN(C2CCN(c3ncc(C(F)(F)F)cn3)CC2)C1=O)Nc1cnn(Cc2ccc(OC)cc2)c(=O)c1C.[HH]. The average molecular weight is 1200 g/mol. The number of alkyl halides is 6. The Morgan fingerprint density at radius 3 is 1.49 bits per heavy atom. The predicted octanol–water partition coefficient (Wildman–Crippen LogP) is 8.06. The van der Waals surface area contributed by atoms with Crippen LogP contribution in [0.1, 0.15) is 120 Å². The number of rotatable bonds is 23. The van der Waals surface area contributed by atoms with Crippen molar-refractivity contribution in [2.45, 2.75) is 160 Å². The Morgan fingerprint density at radius 1 is 0.624 bits per heavy atom. The number of aromatic nitrogens is 8. The van der Waals surface area contributed by atoms with E-state index in [9.17, 15) is 45.5 Å². The van der Waals surface area contributed by atoms with E-state index in [-0.39, 0.29) is 60.4 Å². The van der Waals surface area contributed by atoms with Crippen LogP contribution in [0.25, 0.3) is 0 Å². The summed E-state index contributed by atoms with van der Waals surface area (Å²) in [5.41, 5.74) is 1.17. The summed E-state index contributed by atoms with van der Waals surface area (Å²) in [6.07, 6.45) is 5.90. The Balaban J connectivity index is 0.000000249. The number of carbonyl (C=O) groups is 2. The van der Waals surface area contributed by atoms with Gasteiger partial charge in [-0.05, 0) is 70.1 Å². The van der Waals surface area contributed by atoms with Gasteiger partial charge in [-0.3, -0.25) is 19.2 Å². The number of aromatic amines is 1. The number of unbranched alkanes of at least 4 members (excludes halogenated alkanes) is 2. The minimum Gasteiger partial charge on any atom is -0.497 e. The third-order valence-electron chi connectivity index (χ3n) is 16.1. The number of hydrogen-bond acceptors (Lipinski definition) is 17. The number of methoxy groups -OCH3 is 1. The first-order valence-electron chi connectivity index (χ1n) is 29.1. The summed E-state index contributed by atoms with van der Waals surface area (Å²) in [5.74, 6) is 1.20. The van der Waals surface area contributed by atoms with Crippen LogP contribution in [-0.4, -0.2) is 157 Å². The highest BCUT2D eigenvalue weighted by molar-refractivity contribution is 5.84. The van der Waals surface area contributed by atoms with Gasteiger partial charge in [0.05, 0.1) is 61.8 Å². The van der Waals surface area contributed by atoms with Gasteiger partial charge in [0.15, 0.2) is 0 Å². The smallest absolute Gasteiger partial charge is 0.419 e. The zero-order chi connectivity index (χ0) is 60.8. The van der Waals surface area contributed by atoms with Gasteiger partial charge < -0.3 is 44.4 Å². The van der Waals surface area contributed by atoms with E-state index in [1.54, 1.807) is 33.4 Å². The van der Waals surface area contributed by atoms with Crippen molar-refractivity contribution < 1.29 is 51.6 Å². The summed E-state index contributed by atoms with van der Waals surface area (Å²) >= 11 is 0. The maximum absolute atomic E-state index is 13.4. The molecule has 85 heavy (non-hydrogen) atoms. The number of ether oxygens (including phenoxy) is 3. The predicted molar refractivity (Wildman–Crippen MR) is 308 cm³/mol. The van der Waals surface area contributed by atoms with Crippen LogP contribution >= 0.6 is 0 Å². The Morgan fingerprint density at radius 2 is 1.07 bits per heavy atom. The molecule has 4 fully saturated rings. The molecule has 3 N–H and O–H groups in total. The molecule has 0 bridgehead atoms. The molecule has 2 amide bonds. The number of halogens is 6. The highest BCUT2D eigenvalue weighted by Crippen LogP contribution is 2.32. The van der Waals surface area contributed by atoms with Crippen LogP contribution in [0, 0.1) is 13.8 Å². The number of nitrogens with one attached hydrogen (secondary N) is 3. The Hall–Kier alpha value is -7.42. The van der Waals surface area contributed by atoms with Gasteiger partial charge >= 0.3 is 12.4 Å². The lowest BCUT2D eigenvalue weighted by Crippen LogP contribution is -2.47. The van der Waals surface area contributed by atoms with Crippen LogP contribution in [0.3, 0.4) is 0 Å². The fraction of sp³-hybridized carbons (Fsp3) is 0.586. The number of hydrogen-bond donors (Lipinski definition) is 3. The van der Waals surface area contributed by atoms with Gasteiger partial charge in [-0.15, -0.1) is 0 Å². The van der Waals surface area contributed by atoms with Crippen molar-refractivity contribution in [3.8, 4) is 5.75 Å². The monoisotopic (exact) mass is 1200 g/mol. The Labute approximate surface area is 490 Å². The molecule has 4 saturated heterocycles. The van der Waals surface area contributed by atoms with Crippen molar-refractivity contribution in [2.24, 2.45) is 0 Å². The summed E-state index contributed by atoms with van der Waals surface area (Å²) in [6.45, 7) is 12.1. The molecule has 4 aliphatic rings. The quantitative estimate of drug-likeness (QED) is 0.0525. The van der Waals surface area contributed by atoms with Crippen molar-refractivity contribution in [3.63, 3.8) is 0 Å². The molecule has 0 unspecified atom stereocenters. The highest BCUT2D eigenvalue weighted by Gasteiger charge is 2.41. The number of benzene rings is 1. The molecule has 8 heterocycles. The fourth-order valence-electron chi connectivity index (χ4n) is 11.0. The first-order valence-corrected chi connectivity index (χ1v) is 29.1. The molecular formula is C58H78F6N14O7. The summed E-state index contributed by atoms with van der Waals surface area (Å²) in [6, 6.07) is 7.39. The number of carbonyl (C=O) groups excluding carboxylic acids is 2. The molecule has 4 aliphatic heterocycles. The minimum atomic E-state index is -4.48. The Kier molecular flexibility index (Phi) is 21.8. The molecule has 0 radical (unpaired) electrons. The normalized spacial score (nSPS) is 18.8. The lowest BCUT2D eigenvalue weighted by Gasteiger charge is -2.36. The van der Waals surface area contributed by atoms with E-state index in [0.29, 0.717) is 120 Å². The second-order valence-electron chi connectivity index (χ2n) is 22.0. The second-order valence-corrected chi connectivity index (χ2v) is 22.0. The van der Waals surface area contributed by atoms with Gasteiger partial charge in [0, 0.05) is 114 Å². The molecule has 4 atom stereocenters. The lowest BCUT2D eigenvalue weighted by molar-refractivity contribution is -0.140. The van der Waals surface area contributed by atoms with Gasteiger partial charge in [0.25, 0.3) is 22.9 Å². The zero-order valence-electron chi connectivity index (χ0n) is 48.6. The lowest BCUT2D eigenvalue weighted by atomic mass is 10.0. The Bertz CT molecular complexity index is 3090. The van der Waals surface area contributed by atoms with Crippen LogP contribution in [-0.2, 0) is 38.0 Å². The summed E-state index contributed by atoms with van der Waals surface area (Å²) in [5, 5.41) is 17.5. The van der Waals surface area contributed by atoms with E-state index in [1.165, 1.54) is 4.68 Å². The number of nitrogens with zero attached hydrogens (tertiary/aromatic N) is 11. The van der Waals surface area contributed by atoms with E-state index >= 15 is 0 Å². The molecule has 5 aromatic rings. The maximum atomic E-state index is 13.4. The first kappa shape index (κ1) is 63.6. The van der Waals surface area contributed by atoms with Gasteiger partial charge in [-0.2, -0.15) is 36.5 Å². The van der Waals surface area contributed by atoms with Crippen LogP contribution < -0.4 is 36.3 Å². The molecule has 464 valence electrons. The van der Waals surface area contributed by atoms with Gasteiger partial charge in [-0.25, -0.2) is 29.7 Å². The van der Waals surface area contributed by atoms with Crippen molar-refractivity contribution in [2.75, 3.05) is 80.0 Å². The van der Waals surface area contributed by atoms with E-state index in [2.05, 4.69) is 59.7 Å². The molecule has 9 rings (SSSR count). The van der Waals surface area contributed by atoms with Crippen molar-refractivity contribution >= 4 is 35.1 Å². The third kappa shape index (κ3) is 16.7. The fourth-order valence-corrected chi connectivity index (χ4v) is 11.0. The van der Waals surface area contributed by atoms with Gasteiger partial charge in [0.1, 0.15) is 18.0 Å². The number of piperidine rings is 2. The maximum Gasteiger partial charge on any atom is 0.419 e.